The highest BCUT2D eigenvalue weighted by Gasteiger charge is 2.18. The highest BCUT2D eigenvalue weighted by molar-refractivity contribution is 5.87. The number of aromatic carboxylic acids is 1. The zero-order valence-electron chi connectivity index (χ0n) is 9.81. The largest absolute Gasteiger partial charge is 0.504 e. The Morgan fingerprint density at radius 1 is 1.44 bits per heavy atom. The van der Waals surface area contributed by atoms with Crippen LogP contribution in [0.4, 0.5) is 4.39 Å². The molecule has 0 bridgehead atoms. The molecule has 0 atom stereocenters. The number of rotatable bonds is 2. The smallest absolute Gasteiger partial charge is 0.356 e. The Labute approximate surface area is 102 Å². The molecule has 1 aromatic carbocycles. The van der Waals surface area contributed by atoms with E-state index in [0.29, 0.717) is 11.3 Å². The Balaban J connectivity index is 2.69. The fraction of sp³-hybridized carbons (Fsp3) is 0.167. The first kappa shape index (κ1) is 12.1. The Bertz CT molecular complexity index is 634. The van der Waals surface area contributed by atoms with Crippen LogP contribution in [-0.2, 0) is 7.05 Å². The van der Waals surface area contributed by atoms with Crippen molar-refractivity contribution >= 4 is 5.97 Å². The maximum atomic E-state index is 13.3. The van der Waals surface area contributed by atoms with Gasteiger partial charge in [-0.25, -0.2) is 9.18 Å². The average Bonchev–Trinajstić information content (AvgIpc) is 2.67. The van der Waals surface area contributed by atoms with Gasteiger partial charge in [-0.1, -0.05) is 6.07 Å². The maximum absolute atomic E-state index is 13.3. The molecule has 0 unspecified atom stereocenters. The quantitative estimate of drug-likeness (QED) is 0.854. The Morgan fingerprint density at radius 2 is 2.11 bits per heavy atom. The van der Waals surface area contributed by atoms with Crippen molar-refractivity contribution in [3.05, 3.63) is 35.3 Å². The molecule has 0 radical (unpaired) electrons. The van der Waals surface area contributed by atoms with E-state index in [9.17, 15) is 14.3 Å². The number of hydrogen-bond donors (Lipinski definition) is 2. The summed E-state index contributed by atoms with van der Waals surface area (Å²) in [5.41, 5.74) is 1.07. The van der Waals surface area contributed by atoms with Crippen LogP contribution in [0.2, 0.25) is 0 Å². The predicted molar refractivity (Wildman–Crippen MR) is 62.0 cm³/mol. The van der Waals surface area contributed by atoms with Crippen molar-refractivity contribution < 1.29 is 19.4 Å². The second kappa shape index (κ2) is 4.14. The molecule has 2 aromatic rings. The third-order valence-electron chi connectivity index (χ3n) is 2.69. The molecular weight excluding hydrogens is 239 g/mol. The van der Waals surface area contributed by atoms with Crippen molar-refractivity contribution in [2.24, 2.45) is 7.05 Å². The number of phenolic OH excluding ortho intramolecular Hbond substituents is 1. The van der Waals surface area contributed by atoms with Gasteiger partial charge in [-0.05, 0) is 24.6 Å². The molecule has 0 saturated heterocycles. The van der Waals surface area contributed by atoms with Gasteiger partial charge in [0.15, 0.2) is 17.3 Å². The zero-order valence-corrected chi connectivity index (χ0v) is 9.81. The summed E-state index contributed by atoms with van der Waals surface area (Å²) in [5.74, 6) is -2.44. The van der Waals surface area contributed by atoms with E-state index in [-0.39, 0.29) is 11.3 Å². The third kappa shape index (κ3) is 1.81. The average molecular weight is 250 g/mol. The summed E-state index contributed by atoms with van der Waals surface area (Å²) in [6.45, 7) is 1.70. The Hall–Kier alpha value is -2.37. The minimum absolute atomic E-state index is 0.157. The summed E-state index contributed by atoms with van der Waals surface area (Å²) < 4.78 is 14.6. The van der Waals surface area contributed by atoms with Crippen LogP contribution in [0, 0.1) is 12.7 Å². The molecule has 1 aromatic heterocycles. The molecular formula is C12H11FN2O3. The number of aromatic nitrogens is 2. The van der Waals surface area contributed by atoms with E-state index in [0.717, 1.165) is 6.07 Å². The molecule has 0 aliphatic heterocycles. The van der Waals surface area contributed by atoms with E-state index in [1.807, 2.05) is 0 Å². The summed E-state index contributed by atoms with van der Waals surface area (Å²) in [7, 11) is 1.53. The van der Waals surface area contributed by atoms with Gasteiger partial charge in [0.2, 0.25) is 0 Å². The van der Waals surface area contributed by atoms with Crippen LogP contribution in [-0.4, -0.2) is 26.0 Å². The molecule has 2 N–H and O–H groups in total. The molecule has 18 heavy (non-hydrogen) atoms. The molecule has 0 saturated carbocycles. The Kier molecular flexibility index (Phi) is 2.78. The molecule has 94 valence electrons. The molecule has 2 rings (SSSR count). The molecule has 6 heteroatoms. The summed E-state index contributed by atoms with van der Waals surface area (Å²) >= 11 is 0. The lowest BCUT2D eigenvalue weighted by molar-refractivity contribution is 0.0689. The van der Waals surface area contributed by atoms with Gasteiger partial charge in [0.25, 0.3) is 0 Å². The van der Waals surface area contributed by atoms with Gasteiger partial charge in [0.1, 0.15) is 0 Å². The van der Waals surface area contributed by atoms with E-state index in [1.165, 1.54) is 23.9 Å². The fourth-order valence-electron chi connectivity index (χ4n) is 1.80. The van der Waals surface area contributed by atoms with Gasteiger partial charge in [-0.15, -0.1) is 0 Å². The molecule has 0 aliphatic rings. The van der Waals surface area contributed by atoms with Crippen LogP contribution in [0.5, 0.6) is 5.75 Å². The first-order valence-electron chi connectivity index (χ1n) is 5.17. The second-order valence-corrected chi connectivity index (χ2v) is 3.93. The van der Waals surface area contributed by atoms with Crippen LogP contribution in [0.1, 0.15) is 16.1 Å². The number of aromatic hydroxyl groups is 1. The van der Waals surface area contributed by atoms with Crippen molar-refractivity contribution in [2.75, 3.05) is 0 Å². The van der Waals surface area contributed by atoms with E-state index < -0.39 is 17.5 Å². The topological polar surface area (TPSA) is 75.3 Å². The maximum Gasteiger partial charge on any atom is 0.356 e. The van der Waals surface area contributed by atoms with E-state index in [4.69, 9.17) is 5.11 Å². The monoisotopic (exact) mass is 250 g/mol. The van der Waals surface area contributed by atoms with Crippen molar-refractivity contribution in [1.29, 1.82) is 0 Å². The van der Waals surface area contributed by atoms with Gasteiger partial charge >= 0.3 is 5.97 Å². The van der Waals surface area contributed by atoms with Gasteiger partial charge in [0, 0.05) is 12.6 Å². The lowest BCUT2D eigenvalue weighted by Gasteiger charge is -2.09. The first-order chi connectivity index (χ1) is 8.41. The Morgan fingerprint density at radius 3 is 2.67 bits per heavy atom. The number of phenols is 1. The minimum atomic E-state index is -1.18. The molecule has 0 aliphatic carbocycles. The van der Waals surface area contributed by atoms with Gasteiger partial charge in [-0.3, -0.25) is 4.68 Å². The number of hydrogen-bond acceptors (Lipinski definition) is 3. The van der Waals surface area contributed by atoms with Crippen LogP contribution >= 0.6 is 0 Å². The van der Waals surface area contributed by atoms with Gasteiger partial charge in [0.05, 0.1) is 5.69 Å². The standard InChI is InChI=1S/C12H11FN2O3/c1-6-3-4-7(13)11(16)10(6)9-5-8(12(17)18)14-15(9)2/h3-5,16H,1-2H3,(H,17,18). The molecule has 5 nitrogen and oxygen atoms in total. The number of benzene rings is 1. The van der Waals surface area contributed by atoms with E-state index in [2.05, 4.69) is 5.10 Å². The molecule has 1 heterocycles. The van der Waals surface area contributed by atoms with Crippen LogP contribution in [0.25, 0.3) is 11.3 Å². The summed E-state index contributed by atoms with van der Waals surface area (Å²) in [4.78, 5) is 10.8. The summed E-state index contributed by atoms with van der Waals surface area (Å²) in [5, 5.41) is 22.4. The first-order valence-corrected chi connectivity index (χ1v) is 5.17. The summed E-state index contributed by atoms with van der Waals surface area (Å²) in [6, 6.07) is 3.96. The van der Waals surface area contributed by atoms with Crippen molar-refractivity contribution in [3.63, 3.8) is 0 Å². The van der Waals surface area contributed by atoms with Gasteiger partial charge in [-0.2, -0.15) is 5.10 Å². The van der Waals surface area contributed by atoms with Crippen LogP contribution < -0.4 is 0 Å². The van der Waals surface area contributed by atoms with Gasteiger partial charge < -0.3 is 10.2 Å². The van der Waals surface area contributed by atoms with E-state index >= 15 is 0 Å². The molecule has 0 fully saturated rings. The number of halogens is 1. The van der Waals surface area contributed by atoms with Crippen molar-refractivity contribution in [1.82, 2.24) is 9.78 Å². The zero-order chi connectivity index (χ0) is 13.4. The normalized spacial score (nSPS) is 10.6. The second-order valence-electron chi connectivity index (χ2n) is 3.93. The van der Waals surface area contributed by atoms with Crippen molar-refractivity contribution in [2.45, 2.75) is 6.92 Å². The van der Waals surface area contributed by atoms with E-state index in [1.54, 1.807) is 6.92 Å². The number of carbonyl (C=O) groups is 1. The highest BCUT2D eigenvalue weighted by Crippen LogP contribution is 2.34. The molecule has 0 spiro atoms. The SMILES string of the molecule is Cc1ccc(F)c(O)c1-c1cc(C(=O)O)nn1C. The lowest BCUT2D eigenvalue weighted by atomic mass is 10.0. The molecule has 0 amide bonds. The fourth-order valence-corrected chi connectivity index (χ4v) is 1.80. The summed E-state index contributed by atoms with van der Waals surface area (Å²) in [6.07, 6.45) is 0. The number of nitrogens with zero attached hydrogens (tertiary/aromatic N) is 2. The minimum Gasteiger partial charge on any atom is -0.504 e. The van der Waals surface area contributed by atoms with Crippen LogP contribution in [0.3, 0.4) is 0 Å². The van der Waals surface area contributed by atoms with Crippen LogP contribution in [0.15, 0.2) is 18.2 Å². The number of carboxylic acid groups (broad SMARTS) is 1. The van der Waals surface area contributed by atoms with Crippen molar-refractivity contribution in [3.8, 4) is 17.0 Å². The lowest BCUT2D eigenvalue weighted by Crippen LogP contribution is -1.99. The number of carboxylic acids is 1. The highest BCUT2D eigenvalue weighted by atomic mass is 19.1. The predicted octanol–water partition coefficient (Wildman–Crippen LogP) is 1.94. The number of aryl methyl sites for hydroxylation is 2. The third-order valence-corrected chi connectivity index (χ3v) is 2.69.